The average Bonchev–Trinajstić information content (AvgIpc) is 2.36. The number of carboxylic acid groups (broad SMARTS) is 2. The molecule has 0 fully saturated rings. The van der Waals surface area contributed by atoms with Crippen LogP contribution < -0.4 is 4.74 Å². The van der Waals surface area contributed by atoms with E-state index in [1.807, 2.05) is 0 Å². The molecule has 19 heavy (non-hydrogen) atoms. The molecule has 1 amide bonds. The lowest BCUT2D eigenvalue weighted by molar-refractivity contribution is -0.140. The zero-order chi connectivity index (χ0) is 14.4. The third-order valence-corrected chi connectivity index (χ3v) is 2.28. The summed E-state index contributed by atoms with van der Waals surface area (Å²) < 4.78 is 4.93. The number of benzene rings is 1. The van der Waals surface area contributed by atoms with Gasteiger partial charge in [0, 0.05) is 5.56 Å². The molecule has 1 aromatic carbocycles. The largest absolute Gasteiger partial charge is 0.497 e. The quantitative estimate of drug-likeness (QED) is 0.768. The minimum atomic E-state index is -1.27. The molecule has 2 N–H and O–H groups in total. The number of amides is 1. The topological polar surface area (TPSA) is 104 Å². The van der Waals surface area contributed by atoms with E-state index in [9.17, 15) is 14.4 Å². The van der Waals surface area contributed by atoms with E-state index in [1.165, 1.54) is 31.4 Å². The van der Waals surface area contributed by atoms with Gasteiger partial charge in [0.05, 0.1) is 7.11 Å². The summed E-state index contributed by atoms with van der Waals surface area (Å²) in [6.07, 6.45) is 0. The predicted molar refractivity (Wildman–Crippen MR) is 64.2 cm³/mol. The van der Waals surface area contributed by atoms with Gasteiger partial charge < -0.3 is 19.8 Å². The highest BCUT2D eigenvalue weighted by Crippen LogP contribution is 2.13. The fourth-order valence-electron chi connectivity index (χ4n) is 1.44. The zero-order valence-corrected chi connectivity index (χ0v) is 10.2. The molecule has 1 aromatic rings. The van der Waals surface area contributed by atoms with Gasteiger partial charge in [-0.25, -0.2) is 0 Å². The van der Waals surface area contributed by atoms with Gasteiger partial charge in [0.2, 0.25) is 0 Å². The van der Waals surface area contributed by atoms with Gasteiger partial charge >= 0.3 is 11.9 Å². The molecule has 0 aliphatic carbocycles. The Morgan fingerprint density at radius 3 is 1.89 bits per heavy atom. The van der Waals surface area contributed by atoms with Crippen molar-refractivity contribution in [3.05, 3.63) is 29.8 Å². The minimum absolute atomic E-state index is 0.198. The van der Waals surface area contributed by atoms with Crippen molar-refractivity contribution >= 4 is 17.8 Å². The van der Waals surface area contributed by atoms with Gasteiger partial charge in [-0.2, -0.15) is 0 Å². The molecule has 0 atom stereocenters. The molecule has 102 valence electrons. The molecule has 0 bridgehead atoms. The fraction of sp³-hybridized carbons (Fsp3) is 0.250. The monoisotopic (exact) mass is 267 g/mol. The summed E-state index contributed by atoms with van der Waals surface area (Å²) in [5.41, 5.74) is 0.198. The van der Waals surface area contributed by atoms with Crippen LogP contribution in [-0.4, -0.2) is 53.2 Å². The van der Waals surface area contributed by atoms with Gasteiger partial charge in [0.25, 0.3) is 5.91 Å². The lowest BCUT2D eigenvalue weighted by atomic mass is 10.2. The second-order valence-corrected chi connectivity index (χ2v) is 3.68. The van der Waals surface area contributed by atoms with Crippen LogP contribution in [0.4, 0.5) is 0 Å². The number of ether oxygens (including phenoxy) is 1. The lowest BCUT2D eigenvalue weighted by Gasteiger charge is -2.18. The SMILES string of the molecule is COc1ccc(C(=O)N(CC(=O)O)CC(=O)O)cc1. The highest BCUT2D eigenvalue weighted by Gasteiger charge is 2.20. The van der Waals surface area contributed by atoms with E-state index < -0.39 is 30.9 Å². The molecule has 0 unspecified atom stereocenters. The first-order valence-corrected chi connectivity index (χ1v) is 5.31. The van der Waals surface area contributed by atoms with E-state index in [1.54, 1.807) is 0 Å². The number of rotatable bonds is 6. The Kier molecular flexibility index (Phi) is 4.87. The maximum atomic E-state index is 12.0. The Bertz CT molecular complexity index is 465. The molecule has 7 heteroatoms. The smallest absolute Gasteiger partial charge is 0.323 e. The van der Waals surface area contributed by atoms with Gasteiger partial charge in [-0.15, -0.1) is 0 Å². The maximum Gasteiger partial charge on any atom is 0.323 e. The standard InChI is InChI=1S/C12H13NO6/c1-19-9-4-2-8(3-5-9)12(18)13(6-10(14)15)7-11(16)17/h2-5H,6-7H2,1H3,(H,14,15)(H,16,17). The maximum absolute atomic E-state index is 12.0. The van der Waals surface area contributed by atoms with Crippen molar-refractivity contribution in [3.8, 4) is 5.75 Å². The highest BCUT2D eigenvalue weighted by molar-refractivity contribution is 5.97. The summed E-state index contributed by atoms with van der Waals surface area (Å²) in [5, 5.41) is 17.3. The molecular formula is C12H13NO6. The van der Waals surface area contributed by atoms with E-state index in [0.717, 1.165) is 4.90 Å². The molecule has 0 saturated heterocycles. The van der Waals surface area contributed by atoms with Gasteiger partial charge in [0.15, 0.2) is 0 Å². The molecule has 0 aliphatic heterocycles. The Hall–Kier alpha value is -2.57. The van der Waals surface area contributed by atoms with Crippen molar-refractivity contribution in [1.82, 2.24) is 4.90 Å². The van der Waals surface area contributed by atoms with Crippen molar-refractivity contribution in [2.24, 2.45) is 0 Å². The molecule has 1 rings (SSSR count). The fourth-order valence-corrected chi connectivity index (χ4v) is 1.44. The molecule has 0 radical (unpaired) electrons. The number of hydrogen-bond donors (Lipinski definition) is 2. The van der Waals surface area contributed by atoms with Crippen molar-refractivity contribution in [2.45, 2.75) is 0 Å². The Labute approximate surface area is 109 Å². The van der Waals surface area contributed by atoms with Crippen LogP contribution in [0.3, 0.4) is 0 Å². The Balaban J connectivity index is 2.90. The minimum Gasteiger partial charge on any atom is -0.497 e. The van der Waals surface area contributed by atoms with Crippen LogP contribution in [0.25, 0.3) is 0 Å². The van der Waals surface area contributed by atoms with Gasteiger partial charge in [-0.1, -0.05) is 0 Å². The zero-order valence-electron chi connectivity index (χ0n) is 10.2. The molecule has 0 aliphatic rings. The molecular weight excluding hydrogens is 254 g/mol. The van der Waals surface area contributed by atoms with Gasteiger partial charge in [-0.05, 0) is 24.3 Å². The predicted octanol–water partition coefficient (Wildman–Crippen LogP) is 0.307. The Morgan fingerprint density at radius 2 is 1.53 bits per heavy atom. The molecule has 0 aromatic heterocycles. The van der Waals surface area contributed by atoms with E-state index in [4.69, 9.17) is 14.9 Å². The Morgan fingerprint density at radius 1 is 1.05 bits per heavy atom. The summed E-state index contributed by atoms with van der Waals surface area (Å²) in [7, 11) is 1.47. The first-order valence-electron chi connectivity index (χ1n) is 5.31. The normalized spacial score (nSPS) is 9.74. The summed E-state index contributed by atoms with van der Waals surface area (Å²) in [5.74, 6) is -2.67. The first kappa shape index (κ1) is 14.5. The highest BCUT2D eigenvalue weighted by atomic mass is 16.5. The van der Waals surface area contributed by atoms with Crippen LogP contribution in [0.5, 0.6) is 5.75 Å². The summed E-state index contributed by atoms with van der Waals surface area (Å²) >= 11 is 0. The summed E-state index contributed by atoms with van der Waals surface area (Å²) in [6, 6.07) is 5.95. The number of carboxylic acids is 2. The van der Waals surface area contributed by atoms with Crippen LogP contribution in [0.2, 0.25) is 0 Å². The van der Waals surface area contributed by atoms with Crippen molar-refractivity contribution in [2.75, 3.05) is 20.2 Å². The van der Waals surface area contributed by atoms with Crippen LogP contribution in [-0.2, 0) is 9.59 Å². The lowest BCUT2D eigenvalue weighted by Crippen LogP contribution is -2.39. The number of methoxy groups -OCH3 is 1. The van der Waals surface area contributed by atoms with E-state index in [-0.39, 0.29) is 5.56 Å². The summed E-state index contributed by atoms with van der Waals surface area (Å²) in [4.78, 5) is 34.0. The second kappa shape index (κ2) is 6.39. The molecule has 0 spiro atoms. The van der Waals surface area contributed by atoms with Crippen LogP contribution in [0.15, 0.2) is 24.3 Å². The van der Waals surface area contributed by atoms with Crippen molar-refractivity contribution in [1.29, 1.82) is 0 Å². The van der Waals surface area contributed by atoms with Gasteiger partial charge in [0.1, 0.15) is 18.8 Å². The van der Waals surface area contributed by atoms with E-state index in [2.05, 4.69) is 0 Å². The third kappa shape index (κ3) is 4.30. The van der Waals surface area contributed by atoms with E-state index >= 15 is 0 Å². The molecule has 0 saturated carbocycles. The summed E-state index contributed by atoms with van der Waals surface area (Å²) in [6.45, 7) is -1.34. The average molecular weight is 267 g/mol. The number of hydrogen-bond acceptors (Lipinski definition) is 4. The van der Waals surface area contributed by atoms with Gasteiger partial charge in [-0.3, -0.25) is 14.4 Å². The molecule has 7 nitrogen and oxygen atoms in total. The number of aliphatic carboxylic acids is 2. The second-order valence-electron chi connectivity index (χ2n) is 3.68. The van der Waals surface area contributed by atoms with Crippen molar-refractivity contribution < 1.29 is 29.3 Å². The van der Waals surface area contributed by atoms with Crippen molar-refractivity contribution in [3.63, 3.8) is 0 Å². The number of carbonyl (C=O) groups is 3. The van der Waals surface area contributed by atoms with Crippen LogP contribution in [0, 0.1) is 0 Å². The third-order valence-electron chi connectivity index (χ3n) is 2.28. The van der Waals surface area contributed by atoms with Crippen LogP contribution >= 0.6 is 0 Å². The number of nitrogens with zero attached hydrogens (tertiary/aromatic N) is 1. The van der Waals surface area contributed by atoms with Crippen LogP contribution in [0.1, 0.15) is 10.4 Å². The molecule has 0 heterocycles. The first-order chi connectivity index (χ1) is 8.93. The number of carbonyl (C=O) groups excluding carboxylic acids is 1. The van der Waals surface area contributed by atoms with E-state index in [0.29, 0.717) is 5.75 Å².